The molecule has 1 fully saturated rings. The molecule has 1 rings (SSSR count). The Balaban J connectivity index is 3.03. The summed E-state index contributed by atoms with van der Waals surface area (Å²) in [6.07, 6.45) is 0. The zero-order chi connectivity index (χ0) is 9.73. The summed E-state index contributed by atoms with van der Waals surface area (Å²) in [7, 11) is 0. The lowest BCUT2D eigenvalue weighted by atomic mass is 9.97. The molecule has 1 saturated carbocycles. The number of hydrogen-bond donors (Lipinski definition) is 2. The van der Waals surface area contributed by atoms with Crippen LogP contribution in [0.4, 0.5) is 0 Å². The molecule has 2 atom stereocenters. The molecule has 2 unspecified atom stereocenters. The highest BCUT2D eigenvalue weighted by Crippen LogP contribution is 2.68. The summed E-state index contributed by atoms with van der Waals surface area (Å²) in [4.78, 5) is 21.5. The normalized spacial score (nSPS) is 45.4. The third kappa shape index (κ3) is 0.629. The highest BCUT2D eigenvalue weighted by atomic mass is 16.4. The number of rotatable bonds is 2. The smallest absolute Gasteiger partial charge is 0.310 e. The molecule has 0 saturated heterocycles. The first-order valence-corrected chi connectivity index (χ1v) is 3.76. The SMILES string of the molecule is CC1C(C)(C(=O)O)C1(C)C(=O)O. The molecule has 0 aromatic rings. The van der Waals surface area contributed by atoms with Crippen LogP contribution in [0.3, 0.4) is 0 Å². The lowest BCUT2D eigenvalue weighted by Gasteiger charge is -2.08. The van der Waals surface area contributed by atoms with Crippen molar-refractivity contribution in [1.82, 2.24) is 0 Å². The maximum atomic E-state index is 10.8. The Morgan fingerprint density at radius 1 is 1.08 bits per heavy atom. The fourth-order valence-electron chi connectivity index (χ4n) is 1.87. The van der Waals surface area contributed by atoms with E-state index in [2.05, 4.69) is 0 Å². The van der Waals surface area contributed by atoms with Gasteiger partial charge in [-0.3, -0.25) is 9.59 Å². The maximum absolute atomic E-state index is 10.8. The van der Waals surface area contributed by atoms with Gasteiger partial charge in [0, 0.05) is 0 Å². The second-order valence-corrected chi connectivity index (χ2v) is 3.74. The number of aliphatic carboxylic acids is 2. The van der Waals surface area contributed by atoms with E-state index < -0.39 is 22.8 Å². The van der Waals surface area contributed by atoms with E-state index in [4.69, 9.17) is 10.2 Å². The molecular weight excluding hydrogens is 160 g/mol. The first kappa shape index (κ1) is 9.03. The van der Waals surface area contributed by atoms with Crippen LogP contribution in [0.5, 0.6) is 0 Å². The average molecular weight is 172 g/mol. The molecule has 0 aliphatic heterocycles. The molecule has 1 aliphatic rings. The molecule has 68 valence electrons. The van der Waals surface area contributed by atoms with Crippen molar-refractivity contribution in [2.24, 2.45) is 16.7 Å². The van der Waals surface area contributed by atoms with Crippen LogP contribution in [0, 0.1) is 16.7 Å². The van der Waals surface area contributed by atoms with Gasteiger partial charge < -0.3 is 10.2 Å². The lowest BCUT2D eigenvalue weighted by molar-refractivity contribution is -0.152. The number of carbonyl (C=O) groups is 2. The molecule has 0 spiro atoms. The Bertz CT molecular complexity index is 234. The Morgan fingerprint density at radius 2 is 1.33 bits per heavy atom. The molecule has 0 bridgehead atoms. The molecule has 0 aromatic carbocycles. The first-order valence-electron chi connectivity index (χ1n) is 3.76. The number of carboxylic acids is 2. The van der Waals surface area contributed by atoms with Crippen molar-refractivity contribution in [2.75, 3.05) is 0 Å². The maximum Gasteiger partial charge on any atom is 0.310 e. The quantitative estimate of drug-likeness (QED) is 0.646. The minimum absolute atomic E-state index is 0.306. The standard InChI is InChI=1S/C8H12O4/c1-4-7(2,5(9)10)8(4,3)6(11)12/h4H,1-3H3,(H,9,10)(H,11,12). The van der Waals surface area contributed by atoms with Gasteiger partial charge in [-0.25, -0.2) is 0 Å². The largest absolute Gasteiger partial charge is 0.481 e. The van der Waals surface area contributed by atoms with Gasteiger partial charge in [-0.05, 0) is 19.8 Å². The Morgan fingerprint density at radius 3 is 1.42 bits per heavy atom. The minimum atomic E-state index is -1.10. The molecule has 0 aromatic heterocycles. The zero-order valence-corrected chi connectivity index (χ0v) is 7.29. The summed E-state index contributed by atoms with van der Waals surface area (Å²) in [5.74, 6) is -2.36. The van der Waals surface area contributed by atoms with Gasteiger partial charge in [0.2, 0.25) is 0 Å². The Labute approximate surface area is 70.2 Å². The van der Waals surface area contributed by atoms with Gasteiger partial charge in [0.25, 0.3) is 0 Å². The highest BCUT2D eigenvalue weighted by molar-refractivity contribution is 5.93. The number of carboxylic acid groups (broad SMARTS) is 2. The van der Waals surface area contributed by atoms with Crippen LogP contribution in [-0.4, -0.2) is 22.2 Å². The molecule has 0 radical (unpaired) electrons. The highest BCUT2D eigenvalue weighted by Gasteiger charge is 2.77. The van der Waals surface area contributed by atoms with Gasteiger partial charge in [0.1, 0.15) is 0 Å². The third-order valence-electron chi connectivity index (χ3n) is 3.62. The molecule has 4 heteroatoms. The fourth-order valence-corrected chi connectivity index (χ4v) is 1.87. The van der Waals surface area contributed by atoms with E-state index in [-0.39, 0.29) is 5.92 Å². The van der Waals surface area contributed by atoms with E-state index >= 15 is 0 Å². The predicted molar refractivity (Wildman–Crippen MR) is 40.6 cm³/mol. The molecule has 12 heavy (non-hydrogen) atoms. The van der Waals surface area contributed by atoms with Crippen molar-refractivity contribution in [3.63, 3.8) is 0 Å². The summed E-state index contributed by atoms with van der Waals surface area (Å²) < 4.78 is 0. The van der Waals surface area contributed by atoms with E-state index in [1.165, 1.54) is 13.8 Å². The lowest BCUT2D eigenvalue weighted by Crippen LogP contribution is -2.24. The van der Waals surface area contributed by atoms with E-state index in [0.717, 1.165) is 0 Å². The molecular formula is C8H12O4. The van der Waals surface area contributed by atoms with Crippen LogP contribution >= 0.6 is 0 Å². The molecule has 1 aliphatic carbocycles. The van der Waals surface area contributed by atoms with E-state index in [0.29, 0.717) is 0 Å². The Hall–Kier alpha value is -1.06. The van der Waals surface area contributed by atoms with Gasteiger partial charge in [-0.2, -0.15) is 0 Å². The minimum Gasteiger partial charge on any atom is -0.481 e. The molecule has 2 N–H and O–H groups in total. The van der Waals surface area contributed by atoms with Crippen LogP contribution in [0.25, 0.3) is 0 Å². The van der Waals surface area contributed by atoms with Crippen LogP contribution in [0.1, 0.15) is 20.8 Å². The van der Waals surface area contributed by atoms with Crippen molar-refractivity contribution in [1.29, 1.82) is 0 Å². The van der Waals surface area contributed by atoms with Crippen LogP contribution in [0.2, 0.25) is 0 Å². The van der Waals surface area contributed by atoms with Gasteiger partial charge in [-0.1, -0.05) is 6.92 Å². The third-order valence-corrected chi connectivity index (χ3v) is 3.62. The second-order valence-electron chi connectivity index (χ2n) is 3.74. The van der Waals surface area contributed by atoms with Crippen molar-refractivity contribution in [3.05, 3.63) is 0 Å². The fraction of sp³-hybridized carbons (Fsp3) is 0.750. The van der Waals surface area contributed by atoms with E-state index in [1.54, 1.807) is 6.92 Å². The second kappa shape index (κ2) is 2.00. The van der Waals surface area contributed by atoms with Gasteiger partial charge in [0.15, 0.2) is 0 Å². The summed E-state index contributed by atoms with van der Waals surface area (Å²) in [6.45, 7) is 4.62. The van der Waals surface area contributed by atoms with Crippen LogP contribution < -0.4 is 0 Å². The van der Waals surface area contributed by atoms with Crippen LogP contribution in [-0.2, 0) is 9.59 Å². The van der Waals surface area contributed by atoms with Gasteiger partial charge >= 0.3 is 11.9 Å². The number of hydrogen-bond acceptors (Lipinski definition) is 2. The summed E-state index contributed by atoms with van der Waals surface area (Å²) in [5, 5.41) is 17.6. The summed E-state index contributed by atoms with van der Waals surface area (Å²) in [6, 6.07) is 0. The summed E-state index contributed by atoms with van der Waals surface area (Å²) in [5.41, 5.74) is -2.20. The van der Waals surface area contributed by atoms with Crippen molar-refractivity contribution in [3.8, 4) is 0 Å². The van der Waals surface area contributed by atoms with E-state index in [9.17, 15) is 9.59 Å². The summed E-state index contributed by atoms with van der Waals surface area (Å²) >= 11 is 0. The van der Waals surface area contributed by atoms with Gasteiger partial charge in [-0.15, -0.1) is 0 Å². The first-order chi connectivity index (χ1) is 5.29. The predicted octanol–water partition coefficient (Wildman–Crippen LogP) is 0.818. The average Bonchev–Trinajstić information content (AvgIpc) is 2.39. The topological polar surface area (TPSA) is 74.6 Å². The van der Waals surface area contributed by atoms with Crippen LogP contribution in [0.15, 0.2) is 0 Å². The molecule has 0 amide bonds. The van der Waals surface area contributed by atoms with Gasteiger partial charge in [0.05, 0.1) is 10.8 Å². The van der Waals surface area contributed by atoms with Crippen molar-refractivity contribution in [2.45, 2.75) is 20.8 Å². The van der Waals surface area contributed by atoms with Crippen molar-refractivity contribution < 1.29 is 19.8 Å². The molecule has 0 heterocycles. The monoisotopic (exact) mass is 172 g/mol. The Kier molecular flexibility index (Phi) is 1.50. The van der Waals surface area contributed by atoms with E-state index in [1.807, 2.05) is 0 Å². The molecule has 4 nitrogen and oxygen atoms in total. The van der Waals surface area contributed by atoms with Crippen molar-refractivity contribution >= 4 is 11.9 Å². The zero-order valence-electron chi connectivity index (χ0n) is 7.29.